The van der Waals surface area contributed by atoms with Crippen molar-refractivity contribution in [2.75, 3.05) is 10.6 Å². The quantitative estimate of drug-likeness (QED) is 0.568. The first kappa shape index (κ1) is 22.4. The molecule has 0 radical (unpaired) electrons. The van der Waals surface area contributed by atoms with Gasteiger partial charge in [-0.05, 0) is 69.9 Å². The number of fused-ring (bicyclic) bond motifs is 4. The molecule has 8 nitrogen and oxygen atoms in total. The van der Waals surface area contributed by atoms with Crippen LogP contribution in [0, 0.1) is 0 Å². The van der Waals surface area contributed by atoms with E-state index in [9.17, 15) is 14.4 Å². The number of hydrogen-bond donors (Lipinski definition) is 3. The van der Waals surface area contributed by atoms with Crippen molar-refractivity contribution in [1.82, 2.24) is 4.90 Å². The normalized spacial score (nSPS) is 19.3. The Morgan fingerprint density at radius 3 is 2.47 bits per heavy atom. The Bertz CT molecular complexity index is 1080. The summed E-state index contributed by atoms with van der Waals surface area (Å²) < 4.78 is 5.61. The Balaban J connectivity index is 1.59. The lowest BCUT2D eigenvalue weighted by Gasteiger charge is -2.36. The lowest BCUT2D eigenvalue weighted by molar-refractivity contribution is 0.0129. The zero-order chi connectivity index (χ0) is 23.2. The van der Waals surface area contributed by atoms with Gasteiger partial charge in [-0.15, -0.1) is 11.3 Å². The lowest BCUT2D eigenvalue weighted by Crippen LogP contribution is -2.44. The SMILES string of the molecule is CC(C)(C)OC(=O)N1C2CCC1c1sc(NC(=O)Nc3ccc(Cl)cc3)c(C(N)=O)c1C2. The maximum absolute atomic E-state index is 12.8. The summed E-state index contributed by atoms with van der Waals surface area (Å²) in [7, 11) is 0. The number of urea groups is 1. The molecular weight excluding hydrogens is 452 g/mol. The summed E-state index contributed by atoms with van der Waals surface area (Å²) >= 11 is 7.16. The van der Waals surface area contributed by atoms with Gasteiger partial charge in [-0.2, -0.15) is 0 Å². The highest BCUT2D eigenvalue weighted by atomic mass is 35.5. The summed E-state index contributed by atoms with van der Waals surface area (Å²) in [6.07, 6.45) is 1.73. The van der Waals surface area contributed by atoms with Crippen molar-refractivity contribution in [2.24, 2.45) is 5.73 Å². The number of hydrogen-bond acceptors (Lipinski definition) is 5. The minimum atomic E-state index is -0.602. The molecule has 0 aliphatic carbocycles. The van der Waals surface area contributed by atoms with Gasteiger partial charge in [-0.3, -0.25) is 15.0 Å². The van der Waals surface area contributed by atoms with E-state index in [4.69, 9.17) is 22.1 Å². The largest absolute Gasteiger partial charge is 0.444 e. The number of carbonyl (C=O) groups is 3. The van der Waals surface area contributed by atoms with Crippen LogP contribution in [-0.4, -0.2) is 34.6 Å². The average Bonchev–Trinajstić information content (AvgIpc) is 3.20. The first-order valence-electron chi connectivity index (χ1n) is 10.3. The third-order valence-corrected chi connectivity index (χ3v) is 6.96. The molecule has 0 spiro atoms. The van der Waals surface area contributed by atoms with Gasteiger partial charge >= 0.3 is 12.1 Å². The van der Waals surface area contributed by atoms with E-state index in [1.165, 1.54) is 11.3 Å². The number of ether oxygens (including phenoxy) is 1. The fraction of sp³-hybridized carbons (Fsp3) is 0.409. The summed E-state index contributed by atoms with van der Waals surface area (Å²) in [6.45, 7) is 5.50. The first-order valence-corrected chi connectivity index (χ1v) is 11.5. The fourth-order valence-electron chi connectivity index (χ4n) is 4.27. The van der Waals surface area contributed by atoms with Gasteiger partial charge in [-0.25, -0.2) is 9.59 Å². The summed E-state index contributed by atoms with van der Waals surface area (Å²) in [5.74, 6) is -0.602. The van der Waals surface area contributed by atoms with Crippen LogP contribution in [0.3, 0.4) is 0 Å². The number of anilines is 2. The van der Waals surface area contributed by atoms with Gasteiger partial charge in [-0.1, -0.05) is 11.6 Å². The van der Waals surface area contributed by atoms with E-state index in [1.54, 1.807) is 29.2 Å². The maximum Gasteiger partial charge on any atom is 0.411 e. The first-order chi connectivity index (χ1) is 15.0. The summed E-state index contributed by atoms with van der Waals surface area (Å²) in [5.41, 5.74) is 6.79. The molecule has 1 saturated heterocycles. The minimum Gasteiger partial charge on any atom is -0.444 e. The number of nitrogens with one attached hydrogen (secondary N) is 2. The van der Waals surface area contributed by atoms with Crippen molar-refractivity contribution in [2.45, 2.75) is 57.7 Å². The second-order valence-corrected chi connectivity index (χ2v) is 10.4. The van der Waals surface area contributed by atoms with Crippen molar-refractivity contribution in [1.29, 1.82) is 0 Å². The zero-order valence-electron chi connectivity index (χ0n) is 18.0. The van der Waals surface area contributed by atoms with Gasteiger partial charge in [0.1, 0.15) is 10.6 Å². The van der Waals surface area contributed by atoms with E-state index in [0.717, 1.165) is 23.3 Å². The number of thiophene rings is 1. The predicted molar refractivity (Wildman–Crippen MR) is 124 cm³/mol. The standard InChI is InChI=1S/C22H25ClN4O4S/c1-22(2,3)31-21(30)27-13-8-9-15(27)17-14(10-13)16(18(24)28)19(32-17)26-20(29)25-12-6-4-11(23)5-7-12/h4-7,13,15H,8-10H2,1-3H3,(H2,24,28)(H2,25,26,29). The molecule has 32 heavy (non-hydrogen) atoms. The fourth-order valence-corrected chi connectivity index (χ4v) is 5.76. The Morgan fingerprint density at radius 2 is 1.84 bits per heavy atom. The number of primary amides is 1. The monoisotopic (exact) mass is 476 g/mol. The topological polar surface area (TPSA) is 114 Å². The smallest absolute Gasteiger partial charge is 0.411 e. The van der Waals surface area contributed by atoms with Crippen LogP contribution >= 0.6 is 22.9 Å². The number of nitrogens with zero attached hydrogens (tertiary/aromatic N) is 1. The molecule has 2 unspecified atom stereocenters. The molecule has 2 aliphatic heterocycles. The van der Waals surface area contributed by atoms with Crippen LogP contribution in [-0.2, 0) is 11.2 Å². The number of halogens is 1. The van der Waals surface area contributed by atoms with Crippen LogP contribution in [0.2, 0.25) is 5.02 Å². The van der Waals surface area contributed by atoms with E-state index >= 15 is 0 Å². The van der Waals surface area contributed by atoms with Gasteiger partial charge in [0.15, 0.2) is 0 Å². The van der Waals surface area contributed by atoms with E-state index in [1.807, 2.05) is 20.8 Å². The number of rotatable bonds is 3. The van der Waals surface area contributed by atoms with Crippen molar-refractivity contribution in [3.05, 3.63) is 45.3 Å². The van der Waals surface area contributed by atoms with E-state index in [2.05, 4.69) is 10.6 Å². The van der Waals surface area contributed by atoms with Gasteiger partial charge in [0, 0.05) is 21.6 Å². The Hall–Kier alpha value is -2.78. The zero-order valence-corrected chi connectivity index (χ0v) is 19.6. The summed E-state index contributed by atoms with van der Waals surface area (Å²) in [4.78, 5) is 40.4. The molecule has 0 saturated carbocycles. The highest BCUT2D eigenvalue weighted by Gasteiger charge is 2.47. The molecule has 3 heterocycles. The number of amides is 4. The Labute approximate surface area is 195 Å². The van der Waals surface area contributed by atoms with E-state index in [0.29, 0.717) is 27.7 Å². The predicted octanol–water partition coefficient (Wildman–Crippen LogP) is 5.14. The molecule has 1 aromatic carbocycles. The summed E-state index contributed by atoms with van der Waals surface area (Å²) in [6, 6.07) is 5.92. The molecule has 2 atom stereocenters. The molecule has 4 amide bonds. The van der Waals surface area contributed by atoms with Gasteiger partial charge in [0.05, 0.1) is 11.6 Å². The van der Waals surface area contributed by atoms with Crippen LogP contribution in [0.15, 0.2) is 24.3 Å². The summed E-state index contributed by atoms with van der Waals surface area (Å²) in [5, 5.41) is 6.40. The molecule has 4 rings (SSSR count). The Morgan fingerprint density at radius 1 is 1.16 bits per heavy atom. The molecule has 1 aromatic heterocycles. The molecule has 4 N–H and O–H groups in total. The number of carbonyl (C=O) groups excluding carboxylic acids is 3. The van der Waals surface area contributed by atoms with E-state index in [-0.39, 0.29) is 18.2 Å². The molecule has 2 aliphatic rings. The third-order valence-electron chi connectivity index (χ3n) is 5.46. The van der Waals surface area contributed by atoms with Crippen LogP contribution in [0.25, 0.3) is 0 Å². The minimum absolute atomic E-state index is 0.0641. The van der Waals surface area contributed by atoms with Crippen molar-refractivity contribution < 1.29 is 19.1 Å². The molecule has 2 bridgehead atoms. The lowest BCUT2D eigenvalue weighted by atomic mass is 9.97. The van der Waals surface area contributed by atoms with E-state index < -0.39 is 17.5 Å². The molecule has 1 fully saturated rings. The van der Waals surface area contributed by atoms with Crippen LogP contribution < -0.4 is 16.4 Å². The highest BCUT2D eigenvalue weighted by Crippen LogP contribution is 2.50. The van der Waals surface area contributed by atoms with Crippen molar-refractivity contribution in [3.8, 4) is 0 Å². The second kappa shape index (κ2) is 8.29. The van der Waals surface area contributed by atoms with Gasteiger partial charge < -0.3 is 15.8 Å². The Kier molecular flexibility index (Phi) is 5.81. The molecular formula is C22H25ClN4O4S. The number of benzene rings is 1. The third kappa shape index (κ3) is 4.40. The van der Waals surface area contributed by atoms with Crippen molar-refractivity contribution >= 4 is 51.7 Å². The highest BCUT2D eigenvalue weighted by molar-refractivity contribution is 7.17. The van der Waals surface area contributed by atoms with Crippen LogP contribution in [0.4, 0.5) is 20.3 Å². The molecule has 10 heteroatoms. The number of nitrogens with two attached hydrogens (primary N) is 1. The van der Waals surface area contributed by atoms with Gasteiger partial charge in [0.2, 0.25) is 0 Å². The second-order valence-electron chi connectivity index (χ2n) is 8.94. The maximum atomic E-state index is 12.8. The van der Waals surface area contributed by atoms with Crippen LogP contribution in [0.5, 0.6) is 0 Å². The van der Waals surface area contributed by atoms with Gasteiger partial charge in [0.25, 0.3) is 5.91 Å². The molecule has 2 aromatic rings. The average molecular weight is 477 g/mol. The molecule has 170 valence electrons. The van der Waals surface area contributed by atoms with Crippen LogP contribution in [0.1, 0.15) is 60.5 Å². The van der Waals surface area contributed by atoms with Crippen molar-refractivity contribution in [3.63, 3.8) is 0 Å².